The molecule has 20 heavy (non-hydrogen) atoms. The topological polar surface area (TPSA) is 63.1 Å². The zero-order valence-electron chi connectivity index (χ0n) is 13.1. The van der Waals surface area contributed by atoms with Gasteiger partial charge in [0, 0.05) is 31.5 Å². The summed E-state index contributed by atoms with van der Waals surface area (Å²) < 4.78 is 29.4. The number of aromatic nitrogens is 1. The third kappa shape index (κ3) is 4.33. The normalized spacial score (nSPS) is 13.9. The first-order valence-electron chi connectivity index (χ1n) is 7.20. The molecule has 0 saturated heterocycles. The molecule has 1 atom stereocenters. The monoisotopic (exact) mass is 301 g/mol. The van der Waals surface area contributed by atoms with E-state index in [0.29, 0.717) is 11.4 Å². The van der Waals surface area contributed by atoms with Crippen molar-refractivity contribution in [3.63, 3.8) is 0 Å². The van der Waals surface area contributed by atoms with Crippen molar-refractivity contribution in [2.75, 3.05) is 6.54 Å². The zero-order chi connectivity index (χ0) is 15.3. The lowest BCUT2D eigenvalue weighted by atomic mass is 10.0. The molecule has 0 aliphatic heterocycles. The number of rotatable bonds is 8. The van der Waals surface area contributed by atoms with Crippen LogP contribution in [0.25, 0.3) is 0 Å². The molecular weight excluding hydrogens is 274 g/mol. The van der Waals surface area contributed by atoms with Crippen LogP contribution in [-0.2, 0) is 23.6 Å². The summed E-state index contributed by atoms with van der Waals surface area (Å²) in [5.41, 5.74) is 0.963. The highest BCUT2D eigenvalue weighted by atomic mass is 32.2. The Hall–Kier alpha value is -0.850. The van der Waals surface area contributed by atoms with Gasteiger partial charge in [-0.25, -0.2) is 13.1 Å². The molecule has 6 heteroatoms. The highest BCUT2D eigenvalue weighted by Crippen LogP contribution is 2.16. The number of hydrogen-bond acceptors (Lipinski definition) is 3. The predicted octanol–water partition coefficient (Wildman–Crippen LogP) is 1.85. The van der Waals surface area contributed by atoms with E-state index in [1.807, 2.05) is 39.3 Å². The van der Waals surface area contributed by atoms with Crippen molar-refractivity contribution in [2.45, 2.75) is 51.6 Å². The first-order valence-corrected chi connectivity index (χ1v) is 8.68. The smallest absolute Gasteiger partial charge is 0.242 e. The second-order valence-electron chi connectivity index (χ2n) is 5.44. The first-order chi connectivity index (χ1) is 9.31. The van der Waals surface area contributed by atoms with Gasteiger partial charge in [-0.3, -0.25) is 0 Å². The van der Waals surface area contributed by atoms with Gasteiger partial charge >= 0.3 is 0 Å². The van der Waals surface area contributed by atoms with Gasteiger partial charge in [-0.2, -0.15) is 0 Å². The quantitative estimate of drug-likeness (QED) is 0.770. The van der Waals surface area contributed by atoms with Gasteiger partial charge in [0.2, 0.25) is 10.0 Å². The van der Waals surface area contributed by atoms with Crippen LogP contribution in [0.5, 0.6) is 0 Å². The molecule has 2 N–H and O–H groups in total. The molecule has 5 nitrogen and oxygen atoms in total. The van der Waals surface area contributed by atoms with Crippen molar-refractivity contribution in [1.29, 1.82) is 0 Å². The molecule has 116 valence electrons. The van der Waals surface area contributed by atoms with Crippen molar-refractivity contribution in [3.8, 4) is 0 Å². The van der Waals surface area contributed by atoms with E-state index in [9.17, 15) is 8.42 Å². The minimum atomic E-state index is -3.44. The maximum Gasteiger partial charge on any atom is 0.242 e. The number of sulfonamides is 1. The lowest BCUT2D eigenvalue weighted by Crippen LogP contribution is -2.37. The molecule has 0 aliphatic carbocycles. The van der Waals surface area contributed by atoms with Crippen LogP contribution in [-0.4, -0.2) is 25.6 Å². The summed E-state index contributed by atoms with van der Waals surface area (Å²) in [7, 11) is -1.58. The number of aryl methyl sites for hydroxylation is 1. The molecule has 1 aromatic heterocycles. The maximum absolute atomic E-state index is 12.4. The largest absolute Gasteiger partial charge is 0.352 e. The summed E-state index contributed by atoms with van der Waals surface area (Å²) >= 11 is 0. The van der Waals surface area contributed by atoms with Gasteiger partial charge in [-0.1, -0.05) is 27.7 Å². The lowest BCUT2D eigenvalue weighted by Gasteiger charge is -2.20. The summed E-state index contributed by atoms with van der Waals surface area (Å²) in [6.07, 6.45) is 2.45. The van der Waals surface area contributed by atoms with Crippen molar-refractivity contribution < 1.29 is 8.42 Å². The van der Waals surface area contributed by atoms with Crippen LogP contribution >= 0.6 is 0 Å². The molecule has 0 bridgehead atoms. The summed E-state index contributed by atoms with van der Waals surface area (Å²) in [6, 6.07) is 1.70. The molecule has 1 heterocycles. The molecule has 1 aromatic rings. The molecule has 0 radical (unpaired) electrons. The zero-order valence-corrected chi connectivity index (χ0v) is 13.9. The highest BCUT2D eigenvalue weighted by Gasteiger charge is 2.22. The standard InChI is InChI=1S/C14H27N3O2S/c1-6-14(11(3)4)16-20(18,19)13-8-12(9-15-7-2)17(5)10-13/h8,10-11,14-16H,6-7,9H2,1-5H3. The minimum Gasteiger partial charge on any atom is -0.352 e. The van der Waals surface area contributed by atoms with Crippen LogP contribution in [0.2, 0.25) is 0 Å². The van der Waals surface area contributed by atoms with E-state index in [-0.39, 0.29) is 12.0 Å². The van der Waals surface area contributed by atoms with Gasteiger partial charge in [0.1, 0.15) is 0 Å². The van der Waals surface area contributed by atoms with Crippen molar-refractivity contribution in [3.05, 3.63) is 18.0 Å². The van der Waals surface area contributed by atoms with Gasteiger partial charge in [-0.05, 0) is 24.9 Å². The summed E-state index contributed by atoms with van der Waals surface area (Å²) in [5, 5.41) is 3.20. The van der Waals surface area contributed by atoms with E-state index in [1.165, 1.54) is 0 Å². The van der Waals surface area contributed by atoms with E-state index in [1.54, 1.807) is 12.3 Å². The Balaban J connectivity index is 2.92. The summed E-state index contributed by atoms with van der Waals surface area (Å²) in [5.74, 6) is 0.278. The number of nitrogens with zero attached hydrogens (tertiary/aromatic N) is 1. The Morgan fingerprint density at radius 2 is 1.95 bits per heavy atom. The molecule has 1 unspecified atom stereocenters. The minimum absolute atomic E-state index is 0.0302. The van der Waals surface area contributed by atoms with E-state index >= 15 is 0 Å². The number of hydrogen-bond donors (Lipinski definition) is 2. The molecule has 0 aromatic carbocycles. The average Bonchev–Trinajstić information content (AvgIpc) is 2.75. The second-order valence-corrected chi connectivity index (χ2v) is 7.15. The SMILES string of the molecule is CCNCc1cc(S(=O)(=O)NC(CC)C(C)C)cn1C. The van der Waals surface area contributed by atoms with Crippen LogP contribution < -0.4 is 10.0 Å². The van der Waals surface area contributed by atoms with Crippen LogP contribution in [0.1, 0.15) is 39.8 Å². The Bertz CT molecular complexity index is 521. The summed E-state index contributed by atoms with van der Waals surface area (Å²) in [4.78, 5) is 0.340. The molecule has 0 fully saturated rings. The van der Waals surface area contributed by atoms with Crippen molar-refractivity contribution >= 4 is 10.0 Å². The molecule has 0 spiro atoms. The van der Waals surface area contributed by atoms with Gasteiger partial charge in [0.15, 0.2) is 0 Å². The van der Waals surface area contributed by atoms with E-state index < -0.39 is 10.0 Å². The Kier molecular flexibility index (Phi) is 6.23. The van der Waals surface area contributed by atoms with Crippen LogP contribution in [0.3, 0.4) is 0 Å². The average molecular weight is 301 g/mol. The molecule has 0 saturated carbocycles. The molecule has 1 rings (SSSR count). The summed E-state index contributed by atoms with van der Waals surface area (Å²) in [6.45, 7) is 9.60. The molecule has 0 amide bonds. The Morgan fingerprint density at radius 3 is 2.45 bits per heavy atom. The third-order valence-corrected chi connectivity index (χ3v) is 4.96. The number of nitrogens with one attached hydrogen (secondary N) is 2. The fourth-order valence-corrected chi connectivity index (χ4v) is 3.67. The van der Waals surface area contributed by atoms with Crippen molar-refractivity contribution in [1.82, 2.24) is 14.6 Å². The van der Waals surface area contributed by atoms with Gasteiger partial charge in [0.05, 0.1) is 4.90 Å². The van der Waals surface area contributed by atoms with Gasteiger partial charge in [-0.15, -0.1) is 0 Å². The molecule has 0 aliphatic rings. The molecular formula is C14H27N3O2S. The van der Waals surface area contributed by atoms with Crippen molar-refractivity contribution in [2.24, 2.45) is 13.0 Å². The first kappa shape index (κ1) is 17.2. The fraction of sp³-hybridized carbons (Fsp3) is 0.714. The highest BCUT2D eigenvalue weighted by molar-refractivity contribution is 7.89. The second kappa shape index (κ2) is 7.24. The lowest BCUT2D eigenvalue weighted by molar-refractivity contribution is 0.437. The predicted molar refractivity (Wildman–Crippen MR) is 82.0 cm³/mol. The van der Waals surface area contributed by atoms with Crippen LogP contribution in [0, 0.1) is 5.92 Å². The Labute approximate surface area is 122 Å². The van der Waals surface area contributed by atoms with E-state index in [4.69, 9.17) is 0 Å². The fourth-order valence-electron chi connectivity index (χ4n) is 2.11. The van der Waals surface area contributed by atoms with Gasteiger partial charge < -0.3 is 9.88 Å². The van der Waals surface area contributed by atoms with E-state index in [2.05, 4.69) is 10.0 Å². The van der Waals surface area contributed by atoms with E-state index in [0.717, 1.165) is 18.7 Å². The van der Waals surface area contributed by atoms with Crippen LogP contribution in [0.4, 0.5) is 0 Å². The maximum atomic E-state index is 12.4. The Morgan fingerprint density at radius 1 is 1.30 bits per heavy atom. The van der Waals surface area contributed by atoms with Crippen LogP contribution in [0.15, 0.2) is 17.2 Å². The van der Waals surface area contributed by atoms with Gasteiger partial charge in [0.25, 0.3) is 0 Å². The third-order valence-electron chi connectivity index (χ3n) is 3.50.